The van der Waals surface area contributed by atoms with E-state index in [1.165, 1.54) is 12.8 Å². The quantitative estimate of drug-likeness (QED) is 0.483. The molecule has 1 saturated heterocycles. The van der Waals surface area contributed by atoms with E-state index in [0.717, 1.165) is 25.9 Å². The van der Waals surface area contributed by atoms with E-state index in [0.29, 0.717) is 6.42 Å². The molecule has 3 heteroatoms. The van der Waals surface area contributed by atoms with E-state index in [2.05, 4.69) is 6.92 Å². The summed E-state index contributed by atoms with van der Waals surface area (Å²) in [7, 11) is 0. The van der Waals surface area contributed by atoms with Crippen LogP contribution in [0.4, 0.5) is 0 Å². The minimum Gasteiger partial charge on any atom is -0.481 e. The zero-order valence-corrected chi connectivity index (χ0v) is 8.87. The van der Waals surface area contributed by atoms with Gasteiger partial charge in [0.1, 0.15) is 0 Å². The third-order valence-electron chi connectivity index (χ3n) is 2.71. The summed E-state index contributed by atoms with van der Waals surface area (Å²) in [6, 6.07) is 0. The first kappa shape index (κ1) is 11.5. The summed E-state index contributed by atoms with van der Waals surface area (Å²) in [5.74, 6) is -0.837. The Morgan fingerprint density at radius 1 is 1.50 bits per heavy atom. The zero-order valence-electron chi connectivity index (χ0n) is 8.87. The van der Waals surface area contributed by atoms with Crippen molar-refractivity contribution < 1.29 is 14.6 Å². The molecule has 0 saturated carbocycles. The number of hydrogen-bond acceptors (Lipinski definition) is 2. The molecule has 1 aliphatic rings. The zero-order chi connectivity index (χ0) is 10.4. The van der Waals surface area contributed by atoms with Crippen LogP contribution in [0, 0.1) is 5.92 Å². The Kier molecular flexibility index (Phi) is 4.94. The predicted molar refractivity (Wildman–Crippen MR) is 54.2 cm³/mol. The van der Waals surface area contributed by atoms with Gasteiger partial charge in [-0.1, -0.05) is 32.6 Å². The molecule has 1 fully saturated rings. The molecule has 0 aromatic heterocycles. The number of carboxylic acids is 1. The van der Waals surface area contributed by atoms with Gasteiger partial charge < -0.3 is 9.84 Å². The molecule has 0 aromatic rings. The Bertz CT molecular complexity index is 175. The minimum absolute atomic E-state index is 0.181. The lowest BCUT2D eigenvalue weighted by atomic mass is 9.96. The van der Waals surface area contributed by atoms with Gasteiger partial charge >= 0.3 is 5.97 Å². The van der Waals surface area contributed by atoms with E-state index in [-0.39, 0.29) is 12.0 Å². The van der Waals surface area contributed by atoms with Gasteiger partial charge in [0.2, 0.25) is 0 Å². The van der Waals surface area contributed by atoms with Crippen LogP contribution in [0.15, 0.2) is 0 Å². The number of epoxide rings is 1. The van der Waals surface area contributed by atoms with Crippen molar-refractivity contribution in [3.8, 4) is 0 Å². The van der Waals surface area contributed by atoms with Crippen LogP contribution in [0.5, 0.6) is 0 Å². The minimum atomic E-state index is -0.656. The van der Waals surface area contributed by atoms with E-state index < -0.39 is 5.97 Å². The summed E-state index contributed by atoms with van der Waals surface area (Å²) in [5, 5.41) is 8.95. The van der Waals surface area contributed by atoms with Crippen LogP contribution in [-0.4, -0.2) is 23.8 Å². The van der Waals surface area contributed by atoms with Crippen LogP contribution in [0.2, 0.25) is 0 Å². The average Bonchev–Trinajstić information content (AvgIpc) is 2.93. The molecule has 0 radical (unpaired) electrons. The summed E-state index contributed by atoms with van der Waals surface area (Å²) in [5.41, 5.74) is 0. The molecule has 3 nitrogen and oxygen atoms in total. The van der Waals surface area contributed by atoms with E-state index in [9.17, 15) is 4.79 Å². The predicted octanol–water partition coefficient (Wildman–Crippen LogP) is 2.45. The highest BCUT2D eigenvalue weighted by molar-refractivity contribution is 5.69. The molecule has 1 N–H and O–H groups in total. The second-order valence-corrected chi connectivity index (χ2v) is 4.08. The van der Waals surface area contributed by atoms with Crippen molar-refractivity contribution in [3.05, 3.63) is 0 Å². The van der Waals surface area contributed by atoms with Gasteiger partial charge in [-0.3, -0.25) is 4.79 Å². The fourth-order valence-corrected chi connectivity index (χ4v) is 1.68. The highest BCUT2D eigenvalue weighted by Crippen LogP contribution is 2.23. The third-order valence-corrected chi connectivity index (χ3v) is 2.71. The number of carbonyl (C=O) groups is 1. The third kappa shape index (κ3) is 4.61. The Hall–Kier alpha value is -0.570. The van der Waals surface area contributed by atoms with Crippen LogP contribution in [-0.2, 0) is 9.53 Å². The molecular weight excluding hydrogens is 180 g/mol. The molecule has 0 amide bonds. The molecule has 82 valence electrons. The monoisotopic (exact) mass is 200 g/mol. The van der Waals surface area contributed by atoms with E-state index in [1.807, 2.05) is 0 Å². The molecule has 2 unspecified atom stereocenters. The lowest BCUT2D eigenvalue weighted by molar-refractivity contribution is -0.142. The van der Waals surface area contributed by atoms with Gasteiger partial charge in [-0.15, -0.1) is 0 Å². The topological polar surface area (TPSA) is 49.8 Å². The molecule has 1 rings (SSSR count). The molecule has 2 atom stereocenters. The van der Waals surface area contributed by atoms with Crippen molar-refractivity contribution in [1.82, 2.24) is 0 Å². The van der Waals surface area contributed by atoms with Gasteiger partial charge in [-0.25, -0.2) is 0 Å². The van der Waals surface area contributed by atoms with Crippen molar-refractivity contribution in [3.63, 3.8) is 0 Å². The number of ether oxygens (including phenoxy) is 1. The fraction of sp³-hybridized carbons (Fsp3) is 0.909. The van der Waals surface area contributed by atoms with Gasteiger partial charge in [0.05, 0.1) is 18.6 Å². The number of carboxylic acid groups (broad SMARTS) is 1. The smallest absolute Gasteiger partial charge is 0.306 e. The second kappa shape index (κ2) is 6.02. The summed E-state index contributed by atoms with van der Waals surface area (Å²) in [4.78, 5) is 10.9. The average molecular weight is 200 g/mol. The molecule has 1 heterocycles. The molecular formula is C11H20O3. The highest BCUT2D eigenvalue weighted by Gasteiger charge is 2.29. The summed E-state index contributed by atoms with van der Waals surface area (Å²) in [6.07, 6.45) is 6.37. The molecule has 0 aliphatic carbocycles. The van der Waals surface area contributed by atoms with E-state index >= 15 is 0 Å². The number of rotatable bonds is 8. The Morgan fingerprint density at radius 2 is 2.21 bits per heavy atom. The molecule has 0 bridgehead atoms. The SMILES string of the molecule is CCCCCCC(CC1CO1)C(=O)O. The standard InChI is InChI=1S/C11H20O3/c1-2-3-4-5-6-9(11(12)13)7-10-8-14-10/h9-10H,2-8H2,1H3,(H,12,13). The largest absolute Gasteiger partial charge is 0.481 e. The first-order valence-electron chi connectivity index (χ1n) is 5.58. The lowest BCUT2D eigenvalue weighted by Crippen LogP contribution is -2.15. The van der Waals surface area contributed by atoms with Crippen molar-refractivity contribution in [2.75, 3.05) is 6.61 Å². The molecule has 1 aliphatic heterocycles. The Morgan fingerprint density at radius 3 is 2.71 bits per heavy atom. The molecule has 0 spiro atoms. The van der Waals surface area contributed by atoms with Crippen molar-refractivity contribution in [2.45, 2.75) is 51.6 Å². The van der Waals surface area contributed by atoms with Crippen molar-refractivity contribution in [1.29, 1.82) is 0 Å². The van der Waals surface area contributed by atoms with Crippen LogP contribution in [0.1, 0.15) is 45.4 Å². The van der Waals surface area contributed by atoms with Gasteiger partial charge in [-0.2, -0.15) is 0 Å². The number of hydrogen-bond donors (Lipinski definition) is 1. The summed E-state index contributed by atoms with van der Waals surface area (Å²) < 4.78 is 5.05. The van der Waals surface area contributed by atoms with Gasteiger partial charge in [0, 0.05) is 0 Å². The van der Waals surface area contributed by atoms with Gasteiger partial charge in [0.25, 0.3) is 0 Å². The maximum absolute atomic E-state index is 10.9. The Balaban J connectivity index is 2.10. The molecule has 14 heavy (non-hydrogen) atoms. The van der Waals surface area contributed by atoms with Crippen LogP contribution in [0.3, 0.4) is 0 Å². The van der Waals surface area contributed by atoms with Crippen LogP contribution in [0.25, 0.3) is 0 Å². The summed E-state index contributed by atoms with van der Waals surface area (Å²) in [6.45, 7) is 2.92. The van der Waals surface area contributed by atoms with Crippen molar-refractivity contribution in [2.24, 2.45) is 5.92 Å². The normalized spacial score (nSPS) is 21.9. The Labute approximate surface area is 85.5 Å². The first-order valence-corrected chi connectivity index (χ1v) is 5.58. The number of aliphatic carboxylic acids is 1. The molecule has 0 aromatic carbocycles. The summed E-state index contributed by atoms with van der Waals surface area (Å²) >= 11 is 0. The highest BCUT2D eigenvalue weighted by atomic mass is 16.6. The fourth-order valence-electron chi connectivity index (χ4n) is 1.68. The van der Waals surface area contributed by atoms with Crippen molar-refractivity contribution >= 4 is 5.97 Å². The number of unbranched alkanes of at least 4 members (excludes halogenated alkanes) is 3. The van der Waals surface area contributed by atoms with E-state index in [4.69, 9.17) is 9.84 Å². The van der Waals surface area contributed by atoms with Crippen LogP contribution < -0.4 is 0 Å². The van der Waals surface area contributed by atoms with Gasteiger partial charge in [-0.05, 0) is 12.8 Å². The van der Waals surface area contributed by atoms with Gasteiger partial charge in [0.15, 0.2) is 0 Å². The second-order valence-electron chi connectivity index (χ2n) is 4.08. The maximum atomic E-state index is 10.9. The van der Waals surface area contributed by atoms with E-state index in [1.54, 1.807) is 0 Å². The lowest BCUT2D eigenvalue weighted by Gasteiger charge is -2.09. The maximum Gasteiger partial charge on any atom is 0.306 e. The van der Waals surface area contributed by atoms with Crippen LogP contribution >= 0.6 is 0 Å². The first-order chi connectivity index (χ1) is 6.74.